The second-order valence-corrected chi connectivity index (χ2v) is 6.29. The molecule has 5 heteroatoms. The van der Waals surface area contributed by atoms with E-state index in [0.717, 1.165) is 11.1 Å². The molecule has 0 saturated carbocycles. The summed E-state index contributed by atoms with van der Waals surface area (Å²) in [6.07, 6.45) is 6.72. The van der Waals surface area contributed by atoms with Crippen LogP contribution in [0.25, 0.3) is 5.57 Å². The lowest BCUT2D eigenvalue weighted by atomic mass is 9.89. The Morgan fingerprint density at radius 3 is 2.46 bits per heavy atom. The third-order valence-electron chi connectivity index (χ3n) is 4.48. The van der Waals surface area contributed by atoms with E-state index in [9.17, 15) is 15.0 Å². The first-order valence-corrected chi connectivity index (χ1v) is 8.60. The number of nitrogens with zero attached hydrogens (tertiary/aromatic N) is 1. The molecule has 2 aromatic rings. The first-order valence-electron chi connectivity index (χ1n) is 8.60. The van der Waals surface area contributed by atoms with Gasteiger partial charge in [0.05, 0.1) is 6.61 Å². The lowest BCUT2D eigenvalue weighted by Gasteiger charge is -2.18. The maximum Gasteiger partial charge on any atom is 0.302 e. The Bertz CT molecular complexity index is 797. The lowest BCUT2D eigenvalue weighted by molar-refractivity contribution is -0.141. The predicted molar refractivity (Wildman–Crippen MR) is 101 cm³/mol. The first-order chi connectivity index (χ1) is 12.3. The maximum atomic E-state index is 10.9. The first kappa shape index (κ1) is 19.5. The second-order valence-electron chi connectivity index (χ2n) is 6.29. The topological polar surface area (TPSA) is 79.7 Å². The Kier molecular flexibility index (Phi) is 6.39. The van der Waals surface area contributed by atoms with E-state index >= 15 is 0 Å². The smallest absolute Gasteiger partial charge is 0.302 e. The monoisotopic (exact) mass is 355 g/mol. The van der Waals surface area contributed by atoms with Crippen molar-refractivity contribution in [2.45, 2.75) is 40.5 Å². The van der Waals surface area contributed by atoms with Crippen molar-refractivity contribution in [3.63, 3.8) is 0 Å². The maximum absolute atomic E-state index is 10.9. The fraction of sp³-hybridized carbons (Fsp3) is 0.333. The van der Waals surface area contributed by atoms with Gasteiger partial charge in [0.2, 0.25) is 0 Å². The third kappa shape index (κ3) is 4.23. The van der Waals surface area contributed by atoms with Crippen molar-refractivity contribution in [3.8, 4) is 11.5 Å². The molecule has 0 spiro atoms. The van der Waals surface area contributed by atoms with Crippen LogP contribution in [0.4, 0.5) is 0 Å². The van der Waals surface area contributed by atoms with E-state index in [1.165, 1.54) is 6.92 Å². The van der Waals surface area contributed by atoms with Crippen LogP contribution in [0.15, 0.2) is 30.6 Å². The minimum Gasteiger partial charge on any atom is -0.507 e. The van der Waals surface area contributed by atoms with Crippen LogP contribution in [-0.4, -0.2) is 27.8 Å². The van der Waals surface area contributed by atoms with Gasteiger partial charge >= 0.3 is 5.97 Å². The highest BCUT2D eigenvalue weighted by Crippen LogP contribution is 2.42. The normalized spacial score (nSPS) is 11.5. The quantitative estimate of drug-likeness (QED) is 0.461. The van der Waals surface area contributed by atoms with Crippen LogP contribution in [0.3, 0.4) is 0 Å². The summed E-state index contributed by atoms with van der Waals surface area (Å²) in [6.45, 7) is 7.09. The Morgan fingerprint density at radius 2 is 1.85 bits per heavy atom. The molecule has 0 bridgehead atoms. The molecular formula is C21H25NO4. The zero-order valence-electron chi connectivity index (χ0n) is 15.7. The molecule has 0 aliphatic heterocycles. The predicted octanol–water partition coefficient (Wildman–Crippen LogP) is 4.19. The average Bonchev–Trinajstić information content (AvgIpc) is 2.63. The molecule has 1 aromatic heterocycles. The molecule has 0 radical (unpaired) electrons. The zero-order chi connectivity index (χ0) is 19.3. The molecule has 0 aliphatic rings. The summed E-state index contributed by atoms with van der Waals surface area (Å²) in [7, 11) is 0. The van der Waals surface area contributed by atoms with Crippen LogP contribution in [0, 0.1) is 20.8 Å². The molecule has 0 fully saturated rings. The lowest BCUT2D eigenvalue weighted by Crippen LogP contribution is -2.01. The summed E-state index contributed by atoms with van der Waals surface area (Å²) in [6, 6.07) is 3.74. The van der Waals surface area contributed by atoms with Crippen molar-refractivity contribution in [1.82, 2.24) is 4.98 Å². The van der Waals surface area contributed by atoms with Crippen LogP contribution in [0.5, 0.6) is 11.5 Å². The van der Waals surface area contributed by atoms with E-state index in [4.69, 9.17) is 4.74 Å². The number of allylic oxidation sites excluding steroid dienone is 1. The molecule has 0 aliphatic carbocycles. The minimum absolute atomic E-state index is 0.160. The van der Waals surface area contributed by atoms with Crippen molar-refractivity contribution in [1.29, 1.82) is 0 Å². The van der Waals surface area contributed by atoms with Crippen molar-refractivity contribution in [3.05, 3.63) is 58.4 Å². The summed E-state index contributed by atoms with van der Waals surface area (Å²) in [5, 5.41) is 21.2. The van der Waals surface area contributed by atoms with Gasteiger partial charge in [-0.2, -0.15) is 0 Å². The zero-order valence-corrected chi connectivity index (χ0v) is 15.7. The molecule has 1 aromatic carbocycles. The highest BCUT2D eigenvalue weighted by Gasteiger charge is 2.20. The number of benzene rings is 1. The van der Waals surface area contributed by atoms with Crippen LogP contribution in [0.1, 0.15) is 47.6 Å². The molecule has 2 rings (SSSR count). The van der Waals surface area contributed by atoms with Crippen molar-refractivity contribution < 1.29 is 19.7 Å². The Balaban J connectivity index is 2.48. The van der Waals surface area contributed by atoms with Crippen molar-refractivity contribution >= 4 is 11.5 Å². The van der Waals surface area contributed by atoms with Gasteiger partial charge in [-0.3, -0.25) is 9.78 Å². The average molecular weight is 355 g/mol. The van der Waals surface area contributed by atoms with Gasteiger partial charge in [-0.1, -0.05) is 12.1 Å². The summed E-state index contributed by atoms with van der Waals surface area (Å²) in [5.41, 5.74) is 4.20. The number of carbonyl (C=O) groups excluding carboxylic acids is 1. The van der Waals surface area contributed by atoms with E-state index in [0.29, 0.717) is 41.7 Å². The number of esters is 1. The molecule has 138 valence electrons. The van der Waals surface area contributed by atoms with E-state index in [2.05, 4.69) is 4.98 Å². The standard InChI is InChI=1S/C21H25NO4/c1-13-14(2)21(25)19(15(3)20(13)24)18(17-8-7-10-22-12-17)9-5-6-11-26-16(4)23/h7-10,12,24-25H,5-6,11H2,1-4H3/b18-9+. The molecule has 0 amide bonds. The molecule has 2 N–H and O–H groups in total. The fourth-order valence-electron chi connectivity index (χ4n) is 2.88. The third-order valence-corrected chi connectivity index (χ3v) is 4.48. The SMILES string of the molecule is CC(=O)OCCC/C=C(\c1cccnc1)c1c(C)c(O)c(C)c(C)c1O. The number of aromatic hydroxyl groups is 2. The van der Waals surface area contributed by atoms with Crippen LogP contribution >= 0.6 is 0 Å². The molecule has 0 unspecified atom stereocenters. The van der Waals surface area contributed by atoms with E-state index in [-0.39, 0.29) is 17.5 Å². The van der Waals surface area contributed by atoms with Gasteiger partial charge in [0.25, 0.3) is 0 Å². The molecule has 0 saturated heterocycles. The summed E-state index contributed by atoms with van der Waals surface area (Å²) in [4.78, 5) is 15.0. The van der Waals surface area contributed by atoms with Gasteiger partial charge in [-0.25, -0.2) is 0 Å². The number of rotatable bonds is 6. The van der Waals surface area contributed by atoms with E-state index < -0.39 is 0 Å². The number of phenols is 2. The molecule has 0 atom stereocenters. The number of phenolic OH excluding ortho intramolecular Hbond substituents is 2. The second kappa shape index (κ2) is 8.52. The van der Waals surface area contributed by atoms with Crippen LogP contribution < -0.4 is 0 Å². The number of unbranched alkanes of at least 4 members (excludes halogenated alkanes) is 1. The van der Waals surface area contributed by atoms with Gasteiger partial charge in [-0.15, -0.1) is 0 Å². The Labute approximate surface area is 154 Å². The van der Waals surface area contributed by atoms with Gasteiger partial charge in [0, 0.05) is 36.0 Å². The van der Waals surface area contributed by atoms with Gasteiger partial charge in [0.15, 0.2) is 0 Å². The fourth-order valence-corrected chi connectivity index (χ4v) is 2.88. The van der Waals surface area contributed by atoms with Crippen LogP contribution in [0.2, 0.25) is 0 Å². The minimum atomic E-state index is -0.297. The number of pyridine rings is 1. The van der Waals surface area contributed by atoms with Gasteiger partial charge in [-0.05, 0) is 56.4 Å². The van der Waals surface area contributed by atoms with Crippen molar-refractivity contribution in [2.75, 3.05) is 6.61 Å². The Morgan fingerprint density at radius 1 is 1.15 bits per heavy atom. The summed E-state index contributed by atoms with van der Waals surface area (Å²) >= 11 is 0. The number of hydrogen-bond donors (Lipinski definition) is 2. The van der Waals surface area contributed by atoms with E-state index in [1.54, 1.807) is 33.2 Å². The van der Waals surface area contributed by atoms with Crippen molar-refractivity contribution in [2.24, 2.45) is 0 Å². The number of carbonyl (C=O) groups is 1. The molecule has 1 heterocycles. The number of aromatic nitrogens is 1. The largest absolute Gasteiger partial charge is 0.507 e. The summed E-state index contributed by atoms with van der Waals surface area (Å²) in [5.74, 6) is 0.0481. The molecular weight excluding hydrogens is 330 g/mol. The highest BCUT2D eigenvalue weighted by molar-refractivity contribution is 5.86. The highest BCUT2D eigenvalue weighted by atomic mass is 16.5. The summed E-state index contributed by atoms with van der Waals surface area (Å²) < 4.78 is 4.97. The molecule has 5 nitrogen and oxygen atoms in total. The Hall–Kier alpha value is -2.82. The van der Waals surface area contributed by atoms with E-state index in [1.807, 2.05) is 18.2 Å². The van der Waals surface area contributed by atoms with Crippen LogP contribution in [-0.2, 0) is 9.53 Å². The van der Waals surface area contributed by atoms with Gasteiger partial charge in [0.1, 0.15) is 11.5 Å². The molecule has 26 heavy (non-hydrogen) atoms. The number of ether oxygens (including phenoxy) is 1. The number of hydrogen-bond acceptors (Lipinski definition) is 5. The van der Waals surface area contributed by atoms with Gasteiger partial charge < -0.3 is 14.9 Å².